The standard InChI is InChI=1S/C15H13BrFNO2/c16-12-6-7-14(13(17)8-12)20-10-15(19)18-9-11-4-2-1-3-5-11/h1-8H,9-10H2,(H,18,19). The van der Waals surface area contributed by atoms with Crippen molar-refractivity contribution in [3.63, 3.8) is 0 Å². The summed E-state index contributed by atoms with van der Waals surface area (Å²) >= 11 is 3.15. The highest BCUT2D eigenvalue weighted by molar-refractivity contribution is 9.10. The molecule has 0 spiro atoms. The molecule has 5 heteroatoms. The number of ether oxygens (including phenoxy) is 1. The summed E-state index contributed by atoms with van der Waals surface area (Å²) in [7, 11) is 0. The number of amides is 1. The quantitative estimate of drug-likeness (QED) is 0.909. The minimum atomic E-state index is -0.504. The van der Waals surface area contributed by atoms with Crippen molar-refractivity contribution in [2.24, 2.45) is 0 Å². The lowest BCUT2D eigenvalue weighted by molar-refractivity contribution is -0.123. The molecule has 1 N–H and O–H groups in total. The first-order valence-corrected chi connectivity index (χ1v) is 6.83. The van der Waals surface area contributed by atoms with E-state index < -0.39 is 5.82 Å². The zero-order chi connectivity index (χ0) is 14.4. The summed E-state index contributed by atoms with van der Waals surface area (Å²) in [6.45, 7) is 0.206. The lowest BCUT2D eigenvalue weighted by Gasteiger charge is -2.08. The van der Waals surface area contributed by atoms with E-state index in [9.17, 15) is 9.18 Å². The predicted octanol–water partition coefficient (Wildman–Crippen LogP) is 3.28. The van der Waals surface area contributed by atoms with E-state index >= 15 is 0 Å². The van der Waals surface area contributed by atoms with Gasteiger partial charge in [-0.05, 0) is 23.8 Å². The molecule has 0 radical (unpaired) electrons. The van der Waals surface area contributed by atoms with Crippen LogP contribution in [0.5, 0.6) is 5.75 Å². The molecule has 0 atom stereocenters. The van der Waals surface area contributed by atoms with Gasteiger partial charge in [0.1, 0.15) is 0 Å². The Bertz CT molecular complexity index is 590. The van der Waals surface area contributed by atoms with E-state index in [4.69, 9.17) is 4.74 Å². The lowest BCUT2D eigenvalue weighted by atomic mass is 10.2. The Balaban J connectivity index is 1.80. The maximum atomic E-state index is 13.5. The minimum absolute atomic E-state index is 0.0584. The highest BCUT2D eigenvalue weighted by atomic mass is 79.9. The summed E-state index contributed by atoms with van der Waals surface area (Å²) in [4.78, 5) is 11.6. The molecule has 0 aromatic heterocycles. The maximum absolute atomic E-state index is 13.5. The van der Waals surface area contributed by atoms with Gasteiger partial charge in [-0.15, -0.1) is 0 Å². The fourth-order valence-corrected chi connectivity index (χ4v) is 1.92. The van der Waals surface area contributed by atoms with Gasteiger partial charge in [0.25, 0.3) is 5.91 Å². The molecule has 1 amide bonds. The molecule has 2 rings (SSSR count). The van der Waals surface area contributed by atoms with Crippen molar-refractivity contribution in [1.29, 1.82) is 0 Å². The van der Waals surface area contributed by atoms with Gasteiger partial charge in [-0.2, -0.15) is 0 Å². The molecule has 0 aliphatic heterocycles. The van der Waals surface area contributed by atoms with Gasteiger partial charge in [0, 0.05) is 11.0 Å². The molecular formula is C15H13BrFNO2. The van der Waals surface area contributed by atoms with Crippen molar-refractivity contribution in [3.05, 3.63) is 64.4 Å². The van der Waals surface area contributed by atoms with Crippen LogP contribution in [0.4, 0.5) is 4.39 Å². The van der Waals surface area contributed by atoms with Crippen LogP contribution in [0.1, 0.15) is 5.56 Å². The fourth-order valence-electron chi connectivity index (χ4n) is 1.58. The third-order valence-electron chi connectivity index (χ3n) is 2.59. The van der Waals surface area contributed by atoms with Gasteiger partial charge >= 0.3 is 0 Å². The van der Waals surface area contributed by atoms with E-state index in [-0.39, 0.29) is 18.3 Å². The molecule has 0 bridgehead atoms. The van der Waals surface area contributed by atoms with Crippen LogP contribution in [-0.4, -0.2) is 12.5 Å². The van der Waals surface area contributed by atoms with Crippen molar-refractivity contribution >= 4 is 21.8 Å². The molecule has 104 valence electrons. The zero-order valence-electron chi connectivity index (χ0n) is 10.6. The van der Waals surface area contributed by atoms with Gasteiger partial charge in [-0.3, -0.25) is 4.79 Å². The van der Waals surface area contributed by atoms with E-state index in [1.165, 1.54) is 12.1 Å². The third-order valence-corrected chi connectivity index (χ3v) is 3.08. The normalized spacial score (nSPS) is 10.1. The van der Waals surface area contributed by atoms with Crippen LogP contribution >= 0.6 is 15.9 Å². The highest BCUT2D eigenvalue weighted by Gasteiger charge is 2.07. The molecule has 2 aromatic rings. The first kappa shape index (κ1) is 14.5. The molecule has 20 heavy (non-hydrogen) atoms. The Morgan fingerprint density at radius 2 is 1.95 bits per heavy atom. The van der Waals surface area contributed by atoms with Crippen LogP contribution in [0.25, 0.3) is 0 Å². The van der Waals surface area contributed by atoms with Gasteiger partial charge in [-0.1, -0.05) is 46.3 Å². The first-order valence-electron chi connectivity index (χ1n) is 6.03. The van der Waals surface area contributed by atoms with E-state index in [1.807, 2.05) is 30.3 Å². The predicted molar refractivity (Wildman–Crippen MR) is 77.9 cm³/mol. The van der Waals surface area contributed by atoms with Crippen LogP contribution in [-0.2, 0) is 11.3 Å². The van der Waals surface area contributed by atoms with Crippen molar-refractivity contribution in [2.75, 3.05) is 6.61 Å². The maximum Gasteiger partial charge on any atom is 0.258 e. The molecule has 0 heterocycles. The molecule has 0 saturated heterocycles. The number of hydrogen-bond donors (Lipinski definition) is 1. The number of benzene rings is 2. The average Bonchev–Trinajstić information content (AvgIpc) is 2.45. The number of nitrogens with one attached hydrogen (secondary N) is 1. The number of rotatable bonds is 5. The smallest absolute Gasteiger partial charge is 0.258 e. The van der Waals surface area contributed by atoms with E-state index in [0.717, 1.165) is 5.56 Å². The van der Waals surface area contributed by atoms with E-state index in [0.29, 0.717) is 11.0 Å². The second-order valence-electron chi connectivity index (χ2n) is 4.13. The summed E-state index contributed by atoms with van der Waals surface area (Å²) < 4.78 is 19.2. The van der Waals surface area contributed by atoms with Crippen LogP contribution in [0, 0.1) is 5.82 Å². The SMILES string of the molecule is O=C(COc1ccc(Br)cc1F)NCc1ccccc1. The summed E-state index contributed by atoms with van der Waals surface area (Å²) in [6, 6.07) is 13.9. The highest BCUT2D eigenvalue weighted by Crippen LogP contribution is 2.21. The molecule has 0 aliphatic carbocycles. The van der Waals surface area contributed by atoms with E-state index in [1.54, 1.807) is 6.07 Å². The molecule has 0 saturated carbocycles. The van der Waals surface area contributed by atoms with Gasteiger partial charge in [-0.25, -0.2) is 4.39 Å². The van der Waals surface area contributed by atoms with Gasteiger partial charge in [0.2, 0.25) is 0 Å². The summed E-state index contributed by atoms with van der Waals surface area (Å²) in [5.41, 5.74) is 0.996. The molecule has 2 aromatic carbocycles. The summed E-state index contributed by atoms with van der Waals surface area (Å²) in [5, 5.41) is 2.70. The second kappa shape index (κ2) is 7.05. The molecule has 0 aliphatic rings. The Labute approximate surface area is 124 Å². The van der Waals surface area contributed by atoms with Crippen LogP contribution in [0.3, 0.4) is 0 Å². The van der Waals surface area contributed by atoms with Crippen LogP contribution in [0.2, 0.25) is 0 Å². The van der Waals surface area contributed by atoms with E-state index in [2.05, 4.69) is 21.2 Å². The topological polar surface area (TPSA) is 38.3 Å². The van der Waals surface area contributed by atoms with Crippen LogP contribution in [0.15, 0.2) is 53.0 Å². The number of halogens is 2. The van der Waals surface area contributed by atoms with Crippen molar-refractivity contribution in [2.45, 2.75) is 6.54 Å². The average molecular weight is 338 g/mol. The van der Waals surface area contributed by atoms with Crippen molar-refractivity contribution in [1.82, 2.24) is 5.32 Å². The fraction of sp³-hybridized carbons (Fsp3) is 0.133. The van der Waals surface area contributed by atoms with Crippen LogP contribution < -0.4 is 10.1 Å². The summed E-state index contributed by atoms with van der Waals surface area (Å²) in [6.07, 6.45) is 0. The molecular weight excluding hydrogens is 325 g/mol. The Hall–Kier alpha value is -1.88. The molecule has 0 unspecified atom stereocenters. The summed E-state index contributed by atoms with van der Waals surface area (Å²) in [5.74, 6) is -0.741. The number of hydrogen-bond acceptors (Lipinski definition) is 2. The zero-order valence-corrected chi connectivity index (χ0v) is 12.2. The minimum Gasteiger partial charge on any atom is -0.481 e. The molecule has 0 fully saturated rings. The Morgan fingerprint density at radius 3 is 2.65 bits per heavy atom. The first-order chi connectivity index (χ1) is 9.65. The van der Waals surface area contributed by atoms with Gasteiger partial charge in [0.05, 0.1) is 0 Å². The Kier molecular flexibility index (Phi) is 5.12. The number of carbonyl (C=O) groups excluding carboxylic acids is 1. The number of carbonyl (C=O) groups is 1. The van der Waals surface area contributed by atoms with Gasteiger partial charge in [0.15, 0.2) is 18.2 Å². The van der Waals surface area contributed by atoms with Crippen molar-refractivity contribution in [3.8, 4) is 5.75 Å². The lowest BCUT2D eigenvalue weighted by Crippen LogP contribution is -2.28. The largest absolute Gasteiger partial charge is 0.481 e. The third kappa shape index (κ3) is 4.35. The second-order valence-corrected chi connectivity index (χ2v) is 5.04. The Morgan fingerprint density at radius 1 is 1.20 bits per heavy atom. The molecule has 3 nitrogen and oxygen atoms in total. The monoisotopic (exact) mass is 337 g/mol. The van der Waals surface area contributed by atoms with Crippen molar-refractivity contribution < 1.29 is 13.9 Å². The van der Waals surface area contributed by atoms with Gasteiger partial charge < -0.3 is 10.1 Å².